The Morgan fingerprint density at radius 1 is 1.47 bits per heavy atom. The minimum Gasteiger partial charge on any atom is -0.477 e. The predicted octanol–water partition coefficient (Wildman–Crippen LogP) is 2.17. The summed E-state index contributed by atoms with van der Waals surface area (Å²) in [4.78, 5) is 15.1. The van der Waals surface area contributed by atoms with Crippen molar-refractivity contribution in [3.8, 4) is 0 Å². The summed E-state index contributed by atoms with van der Waals surface area (Å²) in [6.07, 6.45) is 7.52. The van der Waals surface area contributed by atoms with Gasteiger partial charge in [0.05, 0.1) is 6.20 Å². The van der Waals surface area contributed by atoms with Crippen LogP contribution in [0.1, 0.15) is 54.3 Å². The molecule has 15 heavy (non-hydrogen) atoms. The van der Waals surface area contributed by atoms with Crippen molar-refractivity contribution in [3.63, 3.8) is 0 Å². The van der Waals surface area contributed by atoms with E-state index >= 15 is 0 Å². The number of carbonyl (C=O) groups is 1. The molecule has 1 aliphatic carbocycles. The first-order valence-corrected chi connectivity index (χ1v) is 5.45. The van der Waals surface area contributed by atoms with Gasteiger partial charge in [-0.1, -0.05) is 19.3 Å². The number of nitrogens with zero attached hydrogens (tertiary/aromatic N) is 2. The molecule has 1 aliphatic rings. The number of carboxylic acids is 1. The first-order valence-electron chi connectivity index (χ1n) is 5.45. The van der Waals surface area contributed by atoms with Crippen molar-refractivity contribution in [3.05, 3.63) is 17.7 Å². The van der Waals surface area contributed by atoms with Gasteiger partial charge in [0.25, 0.3) is 0 Å². The van der Waals surface area contributed by atoms with Crippen molar-refractivity contribution in [2.75, 3.05) is 0 Å². The summed E-state index contributed by atoms with van der Waals surface area (Å²) in [7, 11) is 1.79. The smallest absolute Gasteiger partial charge is 0.354 e. The lowest BCUT2D eigenvalue weighted by atomic mass is 9.89. The third-order valence-corrected chi connectivity index (χ3v) is 3.21. The van der Waals surface area contributed by atoms with Gasteiger partial charge in [0.15, 0.2) is 0 Å². The Kier molecular flexibility index (Phi) is 2.75. The van der Waals surface area contributed by atoms with Crippen molar-refractivity contribution < 1.29 is 9.90 Å². The normalized spacial score (nSPS) is 17.9. The Morgan fingerprint density at radius 3 is 2.67 bits per heavy atom. The zero-order valence-electron chi connectivity index (χ0n) is 8.94. The maximum Gasteiger partial charge on any atom is 0.354 e. The lowest BCUT2D eigenvalue weighted by molar-refractivity contribution is 0.0686. The molecule has 1 N–H and O–H groups in total. The third kappa shape index (κ3) is 1.89. The van der Waals surface area contributed by atoms with Gasteiger partial charge >= 0.3 is 5.97 Å². The maximum absolute atomic E-state index is 10.9. The summed E-state index contributed by atoms with van der Waals surface area (Å²) >= 11 is 0. The highest BCUT2D eigenvalue weighted by molar-refractivity contribution is 5.85. The van der Waals surface area contributed by atoms with Crippen molar-refractivity contribution in [1.82, 2.24) is 9.55 Å². The standard InChI is InChI=1S/C11H16N2O2/c1-13-9(11(14)15)7-12-10(13)8-5-3-2-4-6-8/h7-8H,2-6H2,1H3,(H,14,15). The number of carboxylic acid groups (broad SMARTS) is 1. The van der Waals surface area contributed by atoms with Gasteiger partial charge in [0.1, 0.15) is 11.5 Å². The quantitative estimate of drug-likeness (QED) is 0.810. The number of rotatable bonds is 2. The second kappa shape index (κ2) is 4.04. The molecule has 82 valence electrons. The van der Waals surface area contributed by atoms with E-state index < -0.39 is 5.97 Å². The van der Waals surface area contributed by atoms with Crippen LogP contribution in [0, 0.1) is 0 Å². The average molecular weight is 208 g/mol. The molecule has 1 saturated carbocycles. The van der Waals surface area contributed by atoms with Crippen LogP contribution in [0.3, 0.4) is 0 Å². The molecule has 0 spiro atoms. The second-order valence-corrected chi connectivity index (χ2v) is 4.20. The molecule has 1 aromatic heterocycles. The lowest BCUT2D eigenvalue weighted by Crippen LogP contribution is -2.13. The van der Waals surface area contributed by atoms with Gasteiger partial charge < -0.3 is 9.67 Å². The monoisotopic (exact) mass is 208 g/mol. The minimum atomic E-state index is -0.896. The summed E-state index contributed by atoms with van der Waals surface area (Å²) in [5, 5.41) is 8.92. The molecular formula is C11H16N2O2. The molecule has 0 unspecified atom stereocenters. The number of aromatic carboxylic acids is 1. The molecule has 0 aliphatic heterocycles. The van der Waals surface area contributed by atoms with E-state index in [9.17, 15) is 4.79 Å². The molecule has 1 fully saturated rings. The van der Waals surface area contributed by atoms with E-state index in [0.29, 0.717) is 5.92 Å². The van der Waals surface area contributed by atoms with Crippen molar-refractivity contribution >= 4 is 5.97 Å². The Labute approximate surface area is 88.9 Å². The minimum absolute atomic E-state index is 0.288. The summed E-state index contributed by atoms with van der Waals surface area (Å²) in [6.45, 7) is 0. The Bertz CT molecular complexity index is 365. The SMILES string of the molecule is Cn1c(C(=O)O)cnc1C1CCCCC1. The Morgan fingerprint density at radius 2 is 2.13 bits per heavy atom. The molecule has 1 heterocycles. The highest BCUT2D eigenvalue weighted by Crippen LogP contribution is 2.31. The first-order chi connectivity index (χ1) is 7.20. The van der Waals surface area contributed by atoms with Crippen LogP contribution in [0.4, 0.5) is 0 Å². The van der Waals surface area contributed by atoms with Gasteiger partial charge in [0, 0.05) is 13.0 Å². The average Bonchev–Trinajstić information content (AvgIpc) is 2.61. The molecule has 4 heteroatoms. The van der Waals surface area contributed by atoms with Crippen LogP contribution in [0.5, 0.6) is 0 Å². The fourth-order valence-corrected chi connectivity index (χ4v) is 2.36. The van der Waals surface area contributed by atoms with Gasteiger partial charge in [-0.25, -0.2) is 9.78 Å². The van der Waals surface area contributed by atoms with Crippen molar-refractivity contribution in [2.45, 2.75) is 38.0 Å². The largest absolute Gasteiger partial charge is 0.477 e. The van der Waals surface area contributed by atoms with Crippen LogP contribution in [0.25, 0.3) is 0 Å². The van der Waals surface area contributed by atoms with E-state index in [1.54, 1.807) is 11.6 Å². The van der Waals surface area contributed by atoms with Gasteiger partial charge in [-0.05, 0) is 12.8 Å². The van der Waals surface area contributed by atoms with Crippen LogP contribution < -0.4 is 0 Å². The highest BCUT2D eigenvalue weighted by atomic mass is 16.4. The van der Waals surface area contributed by atoms with Crippen molar-refractivity contribution in [1.29, 1.82) is 0 Å². The molecule has 4 nitrogen and oxygen atoms in total. The molecule has 0 saturated heterocycles. The molecular weight excluding hydrogens is 192 g/mol. The number of hydrogen-bond acceptors (Lipinski definition) is 2. The van der Waals surface area contributed by atoms with Gasteiger partial charge in [-0.3, -0.25) is 0 Å². The van der Waals surface area contributed by atoms with Crippen LogP contribution >= 0.6 is 0 Å². The molecule has 0 atom stereocenters. The van der Waals surface area contributed by atoms with E-state index in [1.807, 2.05) is 0 Å². The highest BCUT2D eigenvalue weighted by Gasteiger charge is 2.22. The second-order valence-electron chi connectivity index (χ2n) is 4.20. The van der Waals surface area contributed by atoms with E-state index in [0.717, 1.165) is 18.7 Å². The topological polar surface area (TPSA) is 55.1 Å². The molecule has 0 aromatic carbocycles. The van der Waals surface area contributed by atoms with E-state index in [2.05, 4.69) is 4.98 Å². The Hall–Kier alpha value is -1.32. The molecule has 0 bridgehead atoms. The number of imidazole rings is 1. The zero-order valence-corrected chi connectivity index (χ0v) is 8.94. The Balaban J connectivity index is 2.24. The third-order valence-electron chi connectivity index (χ3n) is 3.21. The zero-order chi connectivity index (χ0) is 10.8. The number of aromatic nitrogens is 2. The van der Waals surface area contributed by atoms with Crippen LogP contribution in [-0.2, 0) is 7.05 Å². The summed E-state index contributed by atoms with van der Waals surface area (Å²) in [6, 6.07) is 0. The summed E-state index contributed by atoms with van der Waals surface area (Å²) in [5.41, 5.74) is 0.288. The predicted molar refractivity (Wildman–Crippen MR) is 56.0 cm³/mol. The number of hydrogen-bond donors (Lipinski definition) is 1. The fraction of sp³-hybridized carbons (Fsp3) is 0.636. The molecule has 1 aromatic rings. The maximum atomic E-state index is 10.9. The molecule has 0 radical (unpaired) electrons. The summed E-state index contributed by atoms with van der Waals surface area (Å²) in [5.74, 6) is 0.496. The van der Waals surface area contributed by atoms with E-state index in [-0.39, 0.29) is 5.69 Å². The lowest BCUT2D eigenvalue weighted by Gasteiger charge is -2.21. The van der Waals surface area contributed by atoms with Gasteiger partial charge in [-0.2, -0.15) is 0 Å². The first kappa shape index (κ1) is 10.2. The van der Waals surface area contributed by atoms with Gasteiger partial charge in [-0.15, -0.1) is 0 Å². The molecule has 2 rings (SSSR count). The summed E-state index contributed by atoms with van der Waals surface area (Å²) < 4.78 is 1.72. The van der Waals surface area contributed by atoms with E-state index in [4.69, 9.17) is 5.11 Å². The van der Waals surface area contributed by atoms with Crippen LogP contribution in [0.2, 0.25) is 0 Å². The van der Waals surface area contributed by atoms with Crippen LogP contribution in [-0.4, -0.2) is 20.6 Å². The van der Waals surface area contributed by atoms with E-state index in [1.165, 1.54) is 25.5 Å². The van der Waals surface area contributed by atoms with Crippen molar-refractivity contribution in [2.24, 2.45) is 7.05 Å². The van der Waals surface area contributed by atoms with Gasteiger partial charge in [0.2, 0.25) is 0 Å². The molecule has 0 amide bonds. The fourth-order valence-electron chi connectivity index (χ4n) is 2.36. The van der Waals surface area contributed by atoms with Crippen LogP contribution in [0.15, 0.2) is 6.20 Å².